The van der Waals surface area contributed by atoms with Gasteiger partial charge in [-0.1, -0.05) is 6.92 Å². The Morgan fingerprint density at radius 3 is 2.62 bits per heavy atom. The highest BCUT2D eigenvalue weighted by Gasteiger charge is 2.22. The number of rotatable bonds is 3. The summed E-state index contributed by atoms with van der Waals surface area (Å²) >= 11 is 0. The van der Waals surface area contributed by atoms with Gasteiger partial charge < -0.3 is 15.5 Å². The number of aromatic nitrogens is 2. The summed E-state index contributed by atoms with van der Waals surface area (Å²) in [6.07, 6.45) is 8.42. The molecule has 2 aliphatic heterocycles. The Balaban J connectivity index is 0.00000208. The van der Waals surface area contributed by atoms with Crippen LogP contribution in [0.3, 0.4) is 0 Å². The third-order valence-electron chi connectivity index (χ3n) is 4.97. The Labute approximate surface area is 162 Å². The topological polar surface area (TPSA) is 70.6 Å². The van der Waals surface area contributed by atoms with Crippen LogP contribution in [0.5, 0.6) is 0 Å². The molecule has 0 bridgehead atoms. The van der Waals surface area contributed by atoms with Crippen molar-refractivity contribution in [2.24, 2.45) is 22.6 Å². The predicted octanol–water partition coefficient (Wildman–Crippen LogP) is 2.36. The van der Waals surface area contributed by atoms with Crippen LogP contribution in [0.15, 0.2) is 23.5 Å². The first-order valence-corrected chi connectivity index (χ1v) is 8.79. The molecule has 0 saturated carbocycles. The molecule has 7 heteroatoms. The highest BCUT2D eigenvalue weighted by molar-refractivity contribution is 14.0. The molecule has 1 aromatic heterocycles. The van der Waals surface area contributed by atoms with E-state index in [0.717, 1.165) is 50.5 Å². The second-order valence-electron chi connectivity index (χ2n) is 6.87. The van der Waals surface area contributed by atoms with E-state index >= 15 is 0 Å². The number of anilines is 1. The molecule has 0 amide bonds. The van der Waals surface area contributed by atoms with Crippen molar-refractivity contribution in [3.8, 4) is 0 Å². The number of nitrogens with zero attached hydrogens (tertiary/aromatic N) is 5. The Morgan fingerprint density at radius 1 is 1.21 bits per heavy atom. The summed E-state index contributed by atoms with van der Waals surface area (Å²) in [6.45, 7) is 7.21. The smallest absolute Gasteiger partial charge is 0.225 e. The molecule has 2 fully saturated rings. The molecule has 2 saturated heterocycles. The third-order valence-corrected chi connectivity index (χ3v) is 4.97. The lowest BCUT2D eigenvalue weighted by atomic mass is 9.98. The number of nitrogens with two attached hydrogens (primary N) is 1. The van der Waals surface area contributed by atoms with E-state index in [1.807, 2.05) is 6.07 Å². The van der Waals surface area contributed by atoms with Crippen LogP contribution >= 0.6 is 24.0 Å². The molecule has 0 aliphatic carbocycles. The highest BCUT2D eigenvalue weighted by atomic mass is 127. The van der Waals surface area contributed by atoms with Gasteiger partial charge in [-0.3, -0.25) is 4.99 Å². The van der Waals surface area contributed by atoms with Gasteiger partial charge in [-0.2, -0.15) is 0 Å². The zero-order valence-corrected chi connectivity index (χ0v) is 16.8. The van der Waals surface area contributed by atoms with E-state index in [1.54, 1.807) is 12.4 Å². The van der Waals surface area contributed by atoms with E-state index in [-0.39, 0.29) is 24.0 Å². The lowest BCUT2D eigenvalue weighted by molar-refractivity contribution is 0.277. The largest absolute Gasteiger partial charge is 0.370 e. The quantitative estimate of drug-likeness (QED) is 0.441. The van der Waals surface area contributed by atoms with E-state index in [9.17, 15) is 0 Å². The Hall–Kier alpha value is -1.12. The fraction of sp³-hybridized carbons (Fsp3) is 0.706. The molecule has 0 radical (unpaired) electrons. The number of guanidine groups is 1. The summed E-state index contributed by atoms with van der Waals surface area (Å²) in [5.74, 6) is 2.91. The summed E-state index contributed by atoms with van der Waals surface area (Å²) in [6, 6.07) is 1.86. The second-order valence-corrected chi connectivity index (χ2v) is 6.87. The van der Waals surface area contributed by atoms with Gasteiger partial charge in [0.15, 0.2) is 5.96 Å². The fourth-order valence-electron chi connectivity index (χ4n) is 3.41. The molecule has 24 heavy (non-hydrogen) atoms. The molecule has 0 aromatic carbocycles. The molecule has 6 nitrogen and oxygen atoms in total. The molecule has 3 rings (SSSR count). The van der Waals surface area contributed by atoms with Crippen molar-refractivity contribution in [2.45, 2.75) is 32.6 Å². The minimum absolute atomic E-state index is 0. The maximum Gasteiger partial charge on any atom is 0.225 e. The monoisotopic (exact) mass is 444 g/mol. The van der Waals surface area contributed by atoms with Crippen LogP contribution < -0.4 is 10.6 Å². The summed E-state index contributed by atoms with van der Waals surface area (Å²) in [7, 11) is 0. The van der Waals surface area contributed by atoms with Gasteiger partial charge in [-0.15, -0.1) is 24.0 Å². The number of aliphatic imine (C=N–C) groups is 1. The molecule has 1 aromatic rings. The van der Waals surface area contributed by atoms with E-state index in [4.69, 9.17) is 5.73 Å². The zero-order chi connectivity index (χ0) is 16.1. The molecule has 2 aliphatic rings. The van der Waals surface area contributed by atoms with Crippen LogP contribution in [-0.2, 0) is 0 Å². The normalized spacial score (nSPS) is 23.0. The van der Waals surface area contributed by atoms with E-state index in [1.165, 1.54) is 25.7 Å². The molecule has 1 atom stereocenters. The average Bonchev–Trinajstić information content (AvgIpc) is 2.61. The Morgan fingerprint density at radius 2 is 1.92 bits per heavy atom. The maximum atomic E-state index is 6.19. The fourth-order valence-corrected chi connectivity index (χ4v) is 3.41. The van der Waals surface area contributed by atoms with Gasteiger partial charge in [0, 0.05) is 45.1 Å². The van der Waals surface area contributed by atoms with Crippen molar-refractivity contribution in [3.05, 3.63) is 18.5 Å². The molecular formula is C17H29IN6. The van der Waals surface area contributed by atoms with Gasteiger partial charge in [0.1, 0.15) is 0 Å². The summed E-state index contributed by atoms with van der Waals surface area (Å²) in [4.78, 5) is 17.9. The zero-order valence-electron chi connectivity index (χ0n) is 14.5. The molecule has 1 unspecified atom stereocenters. The number of halogens is 1. The van der Waals surface area contributed by atoms with Gasteiger partial charge >= 0.3 is 0 Å². The summed E-state index contributed by atoms with van der Waals surface area (Å²) in [5.41, 5.74) is 6.19. The molecular weight excluding hydrogens is 415 g/mol. The van der Waals surface area contributed by atoms with E-state index in [2.05, 4.69) is 31.7 Å². The third kappa shape index (κ3) is 5.19. The van der Waals surface area contributed by atoms with Crippen molar-refractivity contribution >= 4 is 35.9 Å². The van der Waals surface area contributed by atoms with Gasteiger partial charge in [-0.05, 0) is 43.6 Å². The molecule has 134 valence electrons. The van der Waals surface area contributed by atoms with Gasteiger partial charge in [0.25, 0.3) is 0 Å². The van der Waals surface area contributed by atoms with Crippen LogP contribution in [0.2, 0.25) is 0 Å². The van der Waals surface area contributed by atoms with Crippen molar-refractivity contribution < 1.29 is 0 Å². The number of likely N-dealkylation sites (tertiary alicyclic amines) is 1. The van der Waals surface area contributed by atoms with Crippen LogP contribution in [0.1, 0.15) is 32.6 Å². The lowest BCUT2D eigenvalue weighted by Gasteiger charge is -2.33. The maximum absolute atomic E-state index is 6.19. The Kier molecular flexibility index (Phi) is 7.51. The van der Waals surface area contributed by atoms with E-state index in [0.29, 0.717) is 5.92 Å². The second kappa shape index (κ2) is 9.39. The van der Waals surface area contributed by atoms with Crippen molar-refractivity contribution in [3.63, 3.8) is 0 Å². The first-order chi connectivity index (χ1) is 11.2. The summed E-state index contributed by atoms with van der Waals surface area (Å²) < 4.78 is 0. The van der Waals surface area contributed by atoms with Gasteiger partial charge in [0.05, 0.1) is 0 Å². The minimum atomic E-state index is 0. The molecule has 2 N–H and O–H groups in total. The predicted molar refractivity (Wildman–Crippen MR) is 109 cm³/mol. The SMILES string of the molecule is CC1CCN(C(N)=NCC2CCCN(c3ncccn3)C2)CC1.I. The van der Waals surface area contributed by atoms with Gasteiger partial charge in [-0.25, -0.2) is 9.97 Å². The average molecular weight is 444 g/mol. The van der Waals surface area contributed by atoms with Crippen molar-refractivity contribution in [1.29, 1.82) is 0 Å². The standard InChI is InChI=1S/C17H28N6.HI/c1-14-5-10-22(11-6-14)16(18)21-12-15-4-2-9-23(13-15)17-19-7-3-8-20-17;/h3,7-8,14-15H,2,4-6,9-13H2,1H3,(H2,18,21);1H. The van der Waals surface area contributed by atoms with Crippen LogP contribution in [0.4, 0.5) is 5.95 Å². The van der Waals surface area contributed by atoms with Crippen LogP contribution in [0.25, 0.3) is 0 Å². The molecule has 0 spiro atoms. The van der Waals surface area contributed by atoms with Crippen LogP contribution in [0, 0.1) is 11.8 Å². The van der Waals surface area contributed by atoms with Crippen molar-refractivity contribution in [1.82, 2.24) is 14.9 Å². The first kappa shape index (κ1) is 19.2. The minimum Gasteiger partial charge on any atom is -0.370 e. The summed E-state index contributed by atoms with van der Waals surface area (Å²) in [5, 5.41) is 0. The molecule has 3 heterocycles. The number of hydrogen-bond acceptors (Lipinski definition) is 4. The first-order valence-electron chi connectivity index (χ1n) is 8.79. The van der Waals surface area contributed by atoms with Crippen LogP contribution in [-0.4, -0.2) is 53.6 Å². The number of hydrogen-bond donors (Lipinski definition) is 1. The lowest BCUT2D eigenvalue weighted by Crippen LogP contribution is -2.43. The Bertz CT molecular complexity index is 515. The number of piperidine rings is 2. The van der Waals surface area contributed by atoms with Gasteiger partial charge in [0.2, 0.25) is 5.95 Å². The van der Waals surface area contributed by atoms with E-state index < -0.39 is 0 Å². The highest BCUT2D eigenvalue weighted by Crippen LogP contribution is 2.20. The van der Waals surface area contributed by atoms with Crippen molar-refractivity contribution in [2.75, 3.05) is 37.6 Å².